The molecule has 4 heteroatoms. The molecule has 0 aromatic carbocycles. The Labute approximate surface area is 133 Å². The summed E-state index contributed by atoms with van der Waals surface area (Å²) in [5.41, 5.74) is 0. The molecule has 1 aliphatic carbocycles. The molecule has 1 aliphatic heterocycles. The highest BCUT2D eigenvalue weighted by molar-refractivity contribution is 5.84. The van der Waals surface area contributed by atoms with Crippen molar-refractivity contribution in [2.75, 3.05) is 0 Å². The number of hydrogen-bond acceptors (Lipinski definition) is 2. The fraction of sp³-hybridized carbons (Fsp3) is 0.667. The topological polar surface area (TPSA) is 49.4 Å². The third-order valence-corrected chi connectivity index (χ3v) is 4.67. The molecule has 1 heterocycles. The van der Waals surface area contributed by atoms with Gasteiger partial charge in [0.1, 0.15) is 0 Å². The van der Waals surface area contributed by atoms with Gasteiger partial charge in [0.05, 0.1) is 0 Å². The van der Waals surface area contributed by atoms with Gasteiger partial charge in [0.25, 0.3) is 0 Å². The molecule has 2 atom stereocenters. The Kier molecular flexibility index (Phi) is 6.22. The summed E-state index contributed by atoms with van der Waals surface area (Å²) < 4.78 is 0. The predicted molar refractivity (Wildman–Crippen MR) is 88.3 cm³/mol. The van der Waals surface area contributed by atoms with E-state index in [0.717, 1.165) is 25.7 Å². The van der Waals surface area contributed by atoms with Gasteiger partial charge in [-0.15, -0.1) is 6.58 Å². The van der Waals surface area contributed by atoms with Gasteiger partial charge in [-0.2, -0.15) is 0 Å². The van der Waals surface area contributed by atoms with E-state index < -0.39 is 0 Å². The Hall–Kier alpha value is -1.58. The van der Waals surface area contributed by atoms with Crippen LogP contribution in [0.4, 0.5) is 0 Å². The molecule has 1 N–H and O–H groups in total. The Balaban J connectivity index is 1.82. The van der Waals surface area contributed by atoms with Crippen molar-refractivity contribution in [1.29, 1.82) is 0 Å². The van der Waals surface area contributed by atoms with Gasteiger partial charge >= 0.3 is 0 Å². The van der Waals surface area contributed by atoms with E-state index >= 15 is 0 Å². The van der Waals surface area contributed by atoms with Crippen LogP contribution in [0.5, 0.6) is 0 Å². The number of rotatable bonds is 6. The molecular weight excluding hydrogens is 276 g/mol. The van der Waals surface area contributed by atoms with Crippen LogP contribution in [-0.4, -0.2) is 34.8 Å². The lowest BCUT2D eigenvalue weighted by Gasteiger charge is -2.37. The Bertz CT molecular complexity index is 438. The molecule has 0 saturated heterocycles. The molecular formula is C18H28N2O2. The lowest BCUT2D eigenvalue weighted by Crippen LogP contribution is -2.47. The van der Waals surface area contributed by atoms with E-state index in [1.807, 2.05) is 17.9 Å². The molecule has 0 unspecified atom stereocenters. The van der Waals surface area contributed by atoms with Crippen molar-refractivity contribution in [2.45, 2.75) is 76.4 Å². The predicted octanol–water partition coefficient (Wildman–Crippen LogP) is 2.95. The SMILES string of the molecule is C=CC[C@@H]1CC=C[C@@H](C)N1C(=O)CCC(=O)NC1CCCC1. The summed E-state index contributed by atoms with van der Waals surface area (Å²) in [6.45, 7) is 5.81. The second-order valence-corrected chi connectivity index (χ2v) is 6.43. The molecule has 22 heavy (non-hydrogen) atoms. The van der Waals surface area contributed by atoms with Crippen LogP contribution in [0.1, 0.15) is 58.3 Å². The minimum atomic E-state index is 0.0146. The monoisotopic (exact) mass is 304 g/mol. The number of hydrogen-bond donors (Lipinski definition) is 1. The van der Waals surface area contributed by atoms with Crippen LogP contribution >= 0.6 is 0 Å². The summed E-state index contributed by atoms with van der Waals surface area (Å²) in [5, 5.41) is 3.04. The molecule has 1 saturated carbocycles. The van der Waals surface area contributed by atoms with Gasteiger partial charge in [-0.1, -0.05) is 31.1 Å². The highest BCUT2D eigenvalue weighted by Gasteiger charge is 2.28. The van der Waals surface area contributed by atoms with E-state index in [4.69, 9.17) is 0 Å². The largest absolute Gasteiger partial charge is 0.353 e. The fourth-order valence-electron chi connectivity index (χ4n) is 3.52. The summed E-state index contributed by atoms with van der Waals surface area (Å²) in [7, 11) is 0. The molecule has 0 spiro atoms. The normalized spacial score (nSPS) is 25.2. The summed E-state index contributed by atoms with van der Waals surface area (Å²) >= 11 is 0. The zero-order chi connectivity index (χ0) is 15.9. The van der Waals surface area contributed by atoms with E-state index in [1.165, 1.54) is 12.8 Å². The molecule has 122 valence electrons. The van der Waals surface area contributed by atoms with Crippen molar-refractivity contribution >= 4 is 11.8 Å². The Morgan fingerprint density at radius 1 is 1.32 bits per heavy atom. The van der Waals surface area contributed by atoms with Gasteiger partial charge in [-0.25, -0.2) is 0 Å². The lowest BCUT2D eigenvalue weighted by molar-refractivity contribution is -0.137. The number of amides is 2. The molecule has 4 nitrogen and oxygen atoms in total. The molecule has 0 aromatic heterocycles. The quantitative estimate of drug-likeness (QED) is 0.767. The number of nitrogens with zero attached hydrogens (tertiary/aromatic N) is 1. The maximum Gasteiger partial charge on any atom is 0.223 e. The van der Waals surface area contributed by atoms with Gasteiger partial charge in [-0.05, 0) is 32.6 Å². The maximum atomic E-state index is 12.5. The van der Waals surface area contributed by atoms with Crippen molar-refractivity contribution in [3.8, 4) is 0 Å². The van der Waals surface area contributed by atoms with Gasteiger partial charge in [0.15, 0.2) is 0 Å². The Morgan fingerprint density at radius 2 is 2.05 bits per heavy atom. The fourth-order valence-corrected chi connectivity index (χ4v) is 3.52. The highest BCUT2D eigenvalue weighted by atomic mass is 16.2. The number of nitrogens with one attached hydrogen (secondary N) is 1. The van der Waals surface area contributed by atoms with Crippen molar-refractivity contribution in [2.24, 2.45) is 0 Å². The molecule has 2 rings (SSSR count). The first-order valence-electron chi connectivity index (χ1n) is 8.50. The second kappa shape index (κ2) is 8.16. The van der Waals surface area contributed by atoms with Crippen LogP contribution in [0.2, 0.25) is 0 Å². The standard InChI is InChI=1S/C18H28N2O2/c1-3-7-16-11-6-8-14(2)20(16)18(22)13-12-17(21)19-15-9-4-5-10-15/h3,6,8,14-16H,1,4-5,7,9-13H2,2H3,(H,19,21)/t14-,16-/m1/s1. The first-order valence-corrected chi connectivity index (χ1v) is 8.50. The average Bonchev–Trinajstić information content (AvgIpc) is 2.98. The second-order valence-electron chi connectivity index (χ2n) is 6.43. The summed E-state index contributed by atoms with van der Waals surface area (Å²) in [6, 6.07) is 0.611. The van der Waals surface area contributed by atoms with Gasteiger partial charge < -0.3 is 10.2 Å². The van der Waals surface area contributed by atoms with Crippen molar-refractivity contribution in [1.82, 2.24) is 10.2 Å². The third kappa shape index (κ3) is 4.46. The van der Waals surface area contributed by atoms with E-state index in [1.54, 1.807) is 0 Å². The Morgan fingerprint density at radius 3 is 2.73 bits per heavy atom. The molecule has 2 amide bonds. The number of carbonyl (C=O) groups excluding carboxylic acids is 2. The molecule has 0 radical (unpaired) electrons. The van der Waals surface area contributed by atoms with E-state index in [-0.39, 0.29) is 23.9 Å². The van der Waals surface area contributed by atoms with E-state index in [9.17, 15) is 9.59 Å². The van der Waals surface area contributed by atoms with Gasteiger partial charge in [-0.3, -0.25) is 9.59 Å². The van der Waals surface area contributed by atoms with E-state index in [0.29, 0.717) is 18.9 Å². The van der Waals surface area contributed by atoms with Crippen molar-refractivity contribution < 1.29 is 9.59 Å². The van der Waals surface area contributed by atoms with Crippen molar-refractivity contribution in [3.05, 3.63) is 24.8 Å². The maximum absolute atomic E-state index is 12.5. The molecule has 0 aromatic rings. The minimum Gasteiger partial charge on any atom is -0.353 e. The first kappa shape index (κ1) is 16.8. The van der Waals surface area contributed by atoms with Crippen LogP contribution in [-0.2, 0) is 9.59 Å². The molecule has 1 fully saturated rings. The molecule has 2 aliphatic rings. The van der Waals surface area contributed by atoms with Gasteiger partial charge in [0, 0.05) is 31.0 Å². The first-order chi connectivity index (χ1) is 10.6. The smallest absolute Gasteiger partial charge is 0.223 e. The van der Waals surface area contributed by atoms with Gasteiger partial charge in [0.2, 0.25) is 11.8 Å². The van der Waals surface area contributed by atoms with Crippen LogP contribution < -0.4 is 5.32 Å². The third-order valence-electron chi connectivity index (χ3n) is 4.67. The lowest BCUT2D eigenvalue weighted by atomic mass is 9.99. The van der Waals surface area contributed by atoms with E-state index in [2.05, 4.69) is 24.0 Å². The summed E-state index contributed by atoms with van der Waals surface area (Å²) in [6.07, 6.45) is 12.9. The number of carbonyl (C=O) groups is 2. The summed E-state index contributed by atoms with van der Waals surface area (Å²) in [5.74, 6) is 0.0889. The minimum absolute atomic E-state index is 0.0146. The highest BCUT2D eigenvalue weighted by Crippen LogP contribution is 2.22. The van der Waals surface area contributed by atoms with Crippen LogP contribution in [0.15, 0.2) is 24.8 Å². The molecule has 0 bridgehead atoms. The van der Waals surface area contributed by atoms with Crippen LogP contribution in [0.3, 0.4) is 0 Å². The van der Waals surface area contributed by atoms with Crippen LogP contribution in [0, 0.1) is 0 Å². The van der Waals surface area contributed by atoms with Crippen LogP contribution in [0.25, 0.3) is 0 Å². The van der Waals surface area contributed by atoms with Crippen molar-refractivity contribution in [3.63, 3.8) is 0 Å². The zero-order valence-corrected chi connectivity index (χ0v) is 13.6. The zero-order valence-electron chi connectivity index (χ0n) is 13.6. The summed E-state index contributed by atoms with van der Waals surface area (Å²) in [4.78, 5) is 26.4. The average molecular weight is 304 g/mol.